The first-order valence-corrected chi connectivity index (χ1v) is 7.99. The predicted molar refractivity (Wildman–Crippen MR) is 94.0 cm³/mol. The maximum atomic E-state index is 5.92. The van der Waals surface area contributed by atoms with E-state index in [0.717, 1.165) is 36.8 Å². The first-order valence-electron chi connectivity index (χ1n) is 6.91. The molecule has 0 aliphatic heterocycles. The quantitative estimate of drug-likeness (QED) is 0.563. The molecule has 1 N–H and O–H groups in total. The molecule has 0 unspecified atom stereocenters. The first kappa shape index (κ1) is 16.3. The lowest BCUT2D eigenvalue weighted by atomic mass is 10.1. The van der Waals surface area contributed by atoms with Gasteiger partial charge < -0.3 is 14.8 Å². The summed E-state index contributed by atoms with van der Waals surface area (Å²) in [7, 11) is 1.71. The molecule has 0 fully saturated rings. The van der Waals surface area contributed by atoms with Crippen LogP contribution in [0.15, 0.2) is 42.5 Å². The molecule has 2 aromatic rings. The van der Waals surface area contributed by atoms with Crippen molar-refractivity contribution in [3.63, 3.8) is 0 Å². The third kappa shape index (κ3) is 5.30. The largest absolute Gasteiger partial charge is 0.457 e. The van der Waals surface area contributed by atoms with E-state index in [9.17, 15) is 0 Å². The number of ether oxygens (including phenoxy) is 2. The molecule has 4 heteroatoms. The molecule has 0 saturated carbocycles. The fraction of sp³-hybridized carbons (Fsp3) is 0.294. The summed E-state index contributed by atoms with van der Waals surface area (Å²) in [6, 6.07) is 14.3. The third-order valence-electron chi connectivity index (χ3n) is 3.09. The van der Waals surface area contributed by atoms with Gasteiger partial charge in [0.2, 0.25) is 0 Å². The molecule has 0 atom stereocenters. The molecule has 112 valence electrons. The van der Waals surface area contributed by atoms with Gasteiger partial charge in [-0.15, -0.1) is 0 Å². The number of hydrogen-bond donors (Lipinski definition) is 1. The van der Waals surface area contributed by atoms with Crippen LogP contribution in [0.1, 0.15) is 11.1 Å². The fourth-order valence-corrected chi connectivity index (χ4v) is 2.33. The van der Waals surface area contributed by atoms with E-state index < -0.39 is 0 Å². The Morgan fingerprint density at radius 2 is 1.86 bits per heavy atom. The number of methoxy groups -OCH3 is 1. The van der Waals surface area contributed by atoms with Crippen molar-refractivity contribution in [1.29, 1.82) is 0 Å². The van der Waals surface area contributed by atoms with Crippen LogP contribution in [0.2, 0.25) is 0 Å². The number of benzene rings is 2. The van der Waals surface area contributed by atoms with Crippen LogP contribution in [-0.2, 0) is 11.3 Å². The molecule has 3 nitrogen and oxygen atoms in total. The summed E-state index contributed by atoms with van der Waals surface area (Å²) in [6.45, 7) is 4.50. The minimum absolute atomic E-state index is 0.729. The van der Waals surface area contributed by atoms with Crippen molar-refractivity contribution < 1.29 is 9.47 Å². The second-order valence-corrected chi connectivity index (χ2v) is 6.07. The smallest absolute Gasteiger partial charge is 0.130 e. The average Bonchev–Trinajstić information content (AvgIpc) is 2.48. The zero-order valence-corrected chi connectivity index (χ0v) is 14.5. The molecule has 0 radical (unpaired) electrons. The molecular weight excluding hydrogens is 377 g/mol. The zero-order valence-electron chi connectivity index (χ0n) is 12.4. The molecular formula is C17H20INO2. The zero-order chi connectivity index (χ0) is 15.1. The third-order valence-corrected chi connectivity index (χ3v) is 3.81. The van der Waals surface area contributed by atoms with Gasteiger partial charge in [0, 0.05) is 23.8 Å². The number of nitrogens with one attached hydrogen (secondary N) is 1. The highest BCUT2D eigenvalue weighted by atomic mass is 127. The van der Waals surface area contributed by atoms with Crippen molar-refractivity contribution in [2.24, 2.45) is 0 Å². The van der Waals surface area contributed by atoms with Gasteiger partial charge in [-0.05, 0) is 71.0 Å². The summed E-state index contributed by atoms with van der Waals surface area (Å²) in [5, 5.41) is 3.34. The maximum absolute atomic E-state index is 5.92. The maximum Gasteiger partial charge on any atom is 0.130 e. The molecule has 0 aliphatic carbocycles. The SMILES string of the molecule is COCCNCc1ccc(Oc2ccc(I)cc2)c(C)c1. The number of rotatable bonds is 7. The Hall–Kier alpha value is -1.11. The monoisotopic (exact) mass is 397 g/mol. The topological polar surface area (TPSA) is 30.5 Å². The Bertz CT molecular complexity index is 570. The van der Waals surface area contributed by atoms with Crippen LogP contribution in [-0.4, -0.2) is 20.3 Å². The lowest BCUT2D eigenvalue weighted by Gasteiger charge is -2.11. The highest BCUT2D eigenvalue weighted by molar-refractivity contribution is 14.1. The molecule has 2 aromatic carbocycles. The van der Waals surface area contributed by atoms with E-state index >= 15 is 0 Å². The van der Waals surface area contributed by atoms with E-state index in [-0.39, 0.29) is 0 Å². The summed E-state index contributed by atoms with van der Waals surface area (Å²) in [6.07, 6.45) is 0. The van der Waals surface area contributed by atoms with Gasteiger partial charge in [-0.3, -0.25) is 0 Å². The van der Waals surface area contributed by atoms with E-state index in [1.165, 1.54) is 9.13 Å². The number of halogens is 1. The molecule has 0 amide bonds. The van der Waals surface area contributed by atoms with Crippen molar-refractivity contribution in [2.75, 3.05) is 20.3 Å². The van der Waals surface area contributed by atoms with Gasteiger partial charge in [0.15, 0.2) is 0 Å². The number of aryl methyl sites for hydroxylation is 1. The molecule has 0 aromatic heterocycles. The summed E-state index contributed by atoms with van der Waals surface area (Å²) >= 11 is 2.29. The lowest BCUT2D eigenvalue weighted by molar-refractivity contribution is 0.199. The Balaban J connectivity index is 1.97. The van der Waals surface area contributed by atoms with Gasteiger partial charge in [0.05, 0.1) is 6.61 Å². The highest BCUT2D eigenvalue weighted by Gasteiger charge is 2.03. The van der Waals surface area contributed by atoms with Crippen LogP contribution in [0.25, 0.3) is 0 Å². The minimum Gasteiger partial charge on any atom is -0.457 e. The second kappa shape index (κ2) is 8.36. The molecule has 0 bridgehead atoms. The molecule has 0 saturated heterocycles. The predicted octanol–water partition coefficient (Wildman–Crippen LogP) is 4.13. The van der Waals surface area contributed by atoms with E-state index in [1.807, 2.05) is 30.3 Å². The number of hydrogen-bond acceptors (Lipinski definition) is 3. The average molecular weight is 397 g/mol. The van der Waals surface area contributed by atoms with Gasteiger partial charge >= 0.3 is 0 Å². The molecule has 0 spiro atoms. The van der Waals surface area contributed by atoms with E-state index in [2.05, 4.69) is 47.0 Å². The van der Waals surface area contributed by atoms with E-state index in [4.69, 9.17) is 9.47 Å². The first-order chi connectivity index (χ1) is 10.2. The van der Waals surface area contributed by atoms with Crippen LogP contribution in [0, 0.1) is 10.5 Å². The highest BCUT2D eigenvalue weighted by Crippen LogP contribution is 2.26. The van der Waals surface area contributed by atoms with Crippen LogP contribution in [0.4, 0.5) is 0 Å². The van der Waals surface area contributed by atoms with Crippen LogP contribution in [0.5, 0.6) is 11.5 Å². The minimum atomic E-state index is 0.729. The van der Waals surface area contributed by atoms with Crippen LogP contribution < -0.4 is 10.1 Å². The van der Waals surface area contributed by atoms with Crippen molar-refractivity contribution in [3.8, 4) is 11.5 Å². The molecule has 21 heavy (non-hydrogen) atoms. The van der Waals surface area contributed by atoms with Gasteiger partial charge in [-0.25, -0.2) is 0 Å². The fourth-order valence-electron chi connectivity index (χ4n) is 1.97. The Kier molecular flexibility index (Phi) is 6.48. The normalized spacial score (nSPS) is 10.6. The van der Waals surface area contributed by atoms with Gasteiger partial charge in [-0.2, -0.15) is 0 Å². The van der Waals surface area contributed by atoms with Crippen molar-refractivity contribution >= 4 is 22.6 Å². The van der Waals surface area contributed by atoms with Gasteiger partial charge in [0.25, 0.3) is 0 Å². The standard InChI is InChI=1S/C17H20INO2/c1-13-11-14(12-19-9-10-20-2)3-8-17(13)21-16-6-4-15(18)5-7-16/h3-8,11,19H,9-10,12H2,1-2H3. The molecule has 2 rings (SSSR count). The van der Waals surface area contributed by atoms with Crippen LogP contribution in [0.3, 0.4) is 0 Å². The molecule has 0 aliphatic rings. The van der Waals surface area contributed by atoms with Crippen molar-refractivity contribution in [2.45, 2.75) is 13.5 Å². The summed E-state index contributed by atoms with van der Waals surface area (Å²) in [4.78, 5) is 0. The Morgan fingerprint density at radius 3 is 2.52 bits per heavy atom. The van der Waals surface area contributed by atoms with Crippen molar-refractivity contribution in [1.82, 2.24) is 5.32 Å². The second-order valence-electron chi connectivity index (χ2n) is 4.83. The summed E-state index contributed by atoms with van der Waals surface area (Å²) in [5.41, 5.74) is 2.39. The van der Waals surface area contributed by atoms with E-state index in [0.29, 0.717) is 0 Å². The lowest BCUT2D eigenvalue weighted by Crippen LogP contribution is -2.18. The Morgan fingerprint density at radius 1 is 1.10 bits per heavy atom. The van der Waals surface area contributed by atoms with Gasteiger partial charge in [0.1, 0.15) is 11.5 Å². The molecule has 0 heterocycles. The summed E-state index contributed by atoms with van der Waals surface area (Å²) in [5.74, 6) is 1.77. The van der Waals surface area contributed by atoms with E-state index in [1.54, 1.807) is 7.11 Å². The van der Waals surface area contributed by atoms with Gasteiger partial charge in [-0.1, -0.05) is 12.1 Å². The Labute approximate surface area is 139 Å². The summed E-state index contributed by atoms with van der Waals surface area (Å²) < 4.78 is 12.1. The van der Waals surface area contributed by atoms with Crippen molar-refractivity contribution in [3.05, 3.63) is 57.2 Å². The van der Waals surface area contributed by atoms with Crippen LogP contribution >= 0.6 is 22.6 Å².